The van der Waals surface area contributed by atoms with E-state index in [0.29, 0.717) is 19.4 Å². The molecule has 1 atom stereocenters. The van der Waals surface area contributed by atoms with Crippen molar-refractivity contribution < 1.29 is 14.6 Å². The fraction of sp³-hybridized carbons (Fsp3) is 0.423. The highest BCUT2D eigenvalue weighted by Gasteiger charge is 2.37. The Morgan fingerprint density at radius 1 is 1.10 bits per heavy atom. The van der Waals surface area contributed by atoms with Gasteiger partial charge in [0.05, 0.1) is 6.04 Å². The third-order valence-electron chi connectivity index (χ3n) is 5.86. The maximum Gasteiger partial charge on any atom is 0.410 e. The van der Waals surface area contributed by atoms with Gasteiger partial charge in [0.15, 0.2) is 0 Å². The molecular weight excluding hydrogens is 388 g/mol. The van der Waals surface area contributed by atoms with Gasteiger partial charge in [0.2, 0.25) is 0 Å². The number of hydrogen-bond acceptors (Lipinski definition) is 3. The van der Waals surface area contributed by atoms with Crippen LogP contribution >= 0.6 is 0 Å². The molecule has 2 aromatic carbocycles. The van der Waals surface area contributed by atoms with Gasteiger partial charge in [0.1, 0.15) is 5.60 Å². The molecule has 164 valence electrons. The van der Waals surface area contributed by atoms with Gasteiger partial charge >= 0.3 is 6.09 Å². The molecule has 1 amide bonds. The smallest absolute Gasteiger partial charge is 0.410 e. The number of fused-ring (bicyclic) bond motifs is 3. The largest absolute Gasteiger partial charge is 0.444 e. The number of rotatable bonds is 5. The summed E-state index contributed by atoms with van der Waals surface area (Å²) < 4.78 is 8.11. The Hall–Kier alpha value is -2.79. The van der Waals surface area contributed by atoms with Crippen molar-refractivity contribution in [2.45, 2.75) is 58.2 Å². The molecule has 3 aromatic rings. The first-order valence-electron chi connectivity index (χ1n) is 11.1. The van der Waals surface area contributed by atoms with E-state index >= 15 is 0 Å². The average molecular weight is 421 g/mol. The molecule has 1 aliphatic heterocycles. The highest BCUT2D eigenvalue weighted by molar-refractivity contribution is 5.87. The molecule has 1 aliphatic rings. The van der Waals surface area contributed by atoms with Crippen molar-refractivity contribution >= 4 is 17.0 Å². The third kappa shape index (κ3) is 4.47. The summed E-state index contributed by atoms with van der Waals surface area (Å²) in [5, 5.41) is 10.8. The minimum atomic E-state index is -0.546. The number of hydrogen-bond donors (Lipinski definition) is 1. The second-order valence-electron chi connectivity index (χ2n) is 9.26. The minimum absolute atomic E-state index is 0.104. The van der Waals surface area contributed by atoms with Crippen molar-refractivity contribution in [3.05, 3.63) is 71.4 Å². The molecule has 5 nitrogen and oxygen atoms in total. The van der Waals surface area contributed by atoms with E-state index in [1.54, 1.807) is 0 Å². The van der Waals surface area contributed by atoms with Crippen LogP contribution in [0.25, 0.3) is 10.9 Å². The predicted molar refractivity (Wildman–Crippen MR) is 123 cm³/mol. The number of aliphatic hydroxyl groups is 1. The monoisotopic (exact) mass is 420 g/mol. The molecule has 0 bridgehead atoms. The Kier molecular flexibility index (Phi) is 6.05. The number of ether oxygens (including phenoxy) is 1. The molecule has 0 radical (unpaired) electrons. The molecule has 0 saturated carbocycles. The standard InChI is InChI=1S/C26H32N2O3/c1-26(2,3)31-25(30)27-16-15-21-20-12-7-8-13-22(20)28(18-19-10-5-4-6-11-19)24(21)23(27)14-9-17-29/h4-8,10-13,23,29H,9,14-18H2,1-3H3/t23-/m0/s1. The molecule has 2 heterocycles. The molecule has 0 fully saturated rings. The van der Waals surface area contributed by atoms with E-state index in [1.807, 2.05) is 31.7 Å². The van der Waals surface area contributed by atoms with Crippen LogP contribution in [0.15, 0.2) is 54.6 Å². The lowest BCUT2D eigenvalue weighted by molar-refractivity contribution is 0.0117. The number of carbonyl (C=O) groups is 1. The van der Waals surface area contributed by atoms with Gasteiger partial charge in [0.25, 0.3) is 0 Å². The lowest BCUT2D eigenvalue weighted by atomic mass is 9.94. The van der Waals surface area contributed by atoms with E-state index < -0.39 is 5.60 Å². The molecule has 0 spiro atoms. The lowest BCUT2D eigenvalue weighted by Gasteiger charge is -2.38. The summed E-state index contributed by atoms with van der Waals surface area (Å²) in [6.45, 7) is 7.17. The van der Waals surface area contributed by atoms with Crippen molar-refractivity contribution in [2.75, 3.05) is 13.2 Å². The van der Waals surface area contributed by atoms with Gasteiger partial charge in [-0.2, -0.15) is 0 Å². The van der Waals surface area contributed by atoms with Crippen LogP contribution in [-0.2, 0) is 17.7 Å². The molecule has 0 aliphatic carbocycles. The van der Waals surface area contributed by atoms with E-state index in [2.05, 4.69) is 53.1 Å². The van der Waals surface area contributed by atoms with Crippen molar-refractivity contribution in [1.82, 2.24) is 9.47 Å². The van der Waals surface area contributed by atoms with Crippen LogP contribution in [0, 0.1) is 0 Å². The van der Waals surface area contributed by atoms with Crippen LogP contribution in [0.1, 0.15) is 56.5 Å². The van der Waals surface area contributed by atoms with Gasteiger partial charge < -0.3 is 14.4 Å². The van der Waals surface area contributed by atoms with Crippen LogP contribution in [0.2, 0.25) is 0 Å². The number of benzene rings is 2. The zero-order chi connectivity index (χ0) is 22.0. The first kappa shape index (κ1) is 21.4. The van der Waals surface area contributed by atoms with Crippen molar-refractivity contribution in [2.24, 2.45) is 0 Å². The summed E-state index contributed by atoms with van der Waals surface area (Å²) >= 11 is 0. The number of nitrogens with zero attached hydrogens (tertiary/aromatic N) is 2. The van der Waals surface area contributed by atoms with Crippen LogP contribution in [0.5, 0.6) is 0 Å². The zero-order valence-corrected chi connectivity index (χ0v) is 18.7. The average Bonchev–Trinajstić information content (AvgIpc) is 3.05. The molecule has 31 heavy (non-hydrogen) atoms. The van der Waals surface area contributed by atoms with E-state index in [0.717, 1.165) is 13.0 Å². The van der Waals surface area contributed by atoms with Gasteiger partial charge in [-0.3, -0.25) is 4.90 Å². The van der Waals surface area contributed by atoms with E-state index in [9.17, 15) is 9.90 Å². The molecular formula is C26H32N2O3. The normalized spacial score (nSPS) is 16.4. The molecule has 1 aromatic heterocycles. The van der Waals surface area contributed by atoms with Gasteiger partial charge in [-0.05, 0) is 57.2 Å². The summed E-state index contributed by atoms with van der Waals surface area (Å²) in [7, 11) is 0. The first-order chi connectivity index (χ1) is 14.9. The summed E-state index contributed by atoms with van der Waals surface area (Å²) in [6.07, 6.45) is 1.86. The zero-order valence-electron chi connectivity index (χ0n) is 18.7. The molecule has 5 heteroatoms. The van der Waals surface area contributed by atoms with E-state index in [4.69, 9.17) is 4.74 Å². The Bertz CT molecular complexity index is 1050. The van der Waals surface area contributed by atoms with E-state index in [1.165, 1.54) is 27.7 Å². The second-order valence-corrected chi connectivity index (χ2v) is 9.26. The quantitative estimate of drug-likeness (QED) is 0.610. The Morgan fingerprint density at radius 2 is 1.81 bits per heavy atom. The molecule has 1 N–H and O–H groups in total. The van der Waals surface area contributed by atoms with Crippen LogP contribution in [0.4, 0.5) is 4.79 Å². The maximum atomic E-state index is 13.1. The first-order valence-corrected chi connectivity index (χ1v) is 11.1. The molecule has 4 rings (SSSR count). The Balaban J connectivity index is 1.82. The van der Waals surface area contributed by atoms with Gasteiger partial charge in [-0.1, -0.05) is 48.5 Å². The van der Waals surface area contributed by atoms with E-state index in [-0.39, 0.29) is 18.7 Å². The van der Waals surface area contributed by atoms with Crippen molar-refractivity contribution in [3.8, 4) is 0 Å². The lowest BCUT2D eigenvalue weighted by Crippen LogP contribution is -2.43. The van der Waals surface area contributed by atoms with Gasteiger partial charge in [-0.15, -0.1) is 0 Å². The number of para-hydroxylation sites is 1. The highest BCUT2D eigenvalue weighted by atomic mass is 16.6. The van der Waals surface area contributed by atoms with Crippen molar-refractivity contribution in [1.29, 1.82) is 0 Å². The van der Waals surface area contributed by atoms with Crippen LogP contribution < -0.4 is 0 Å². The predicted octanol–water partition coefficient (Wildman–Crippen LogP) is 5.30. The summed E-state index contributed by atoms with van der Waals surface area (Å²) in [5.74, 6) is 0. The number of amides is 1. The second kappa shape index (κ2) is 8.75. The number of aromatic nitrogens is 1. The highest BCUT2D eigenvalue weighted by Crippen LogP contribution is 2.40. The SMILES string of the molecule is CC(C)(C)OC(=O)N1CCc2c(n(Cc3ccccc3)c3ccccc23)[C@@H]1CCCO. The Morgan fingerprint density at radius 3 is 2.52 bits per heavy atom. The van der Waals surface area contributed by atoms with Crippen LogP contribution in [0.3, 0.4) is 0 Å². The van der Waals surface area contributed by atoms with Gasteiger partial charge in [-0.25, -0.2) is 4.79 Å². The topological polar surface area (TPSA) is 54.7 Å². The minimum Gasteiger partial charge on any atom is -0.444 e. The fourth-order valence-electron chi connectivity index (χ4n) is 4.63. The third-order valence-corrected chi connectivity index (χ3v) is 5.86. The summed E-state index contributed by atoms with van der Waals surface area (Å²) in [5.41, 5.74) is 4.36. The Labute approximate surface area is 184 Å². The van der Waals surface area contributed by atoms with Crippen LogP contribution in [-0.4, -0.2) is 39.4 Å². The number of aliphatic hydroxyl groups excluding tert-OH is 1. The summed E-state index contributed by atoms with van der Waals surface area (Å²) in [4.78, 5) is 15.0. The van der Waals surface area contributed by atoms with Crippen molar-refractivity contribution in [3.63, 3.8) is 0 Å². The number of carbonyl (C=O) groups excluding carboxylic acids is 1. The molecule has 0 saturated heterocycles. The maximum absolute atomic E-state index is 13.1. The molecule has 0 unspecified atom stereocenters. The van der Waals surface area contributed by atoms with Gasteiger partial charge in [0, 0.05) is 36.3 Å². The summed E-state index contributed by atoms with van der Waals surface area (Å²) in [6, 6.07) is 18.8. The fourth-order valence-corrected chi connectivity index (χ4v) is 4.63.